The minimum atomic E-state index is 0.110. The smallest absolute Gasteiger partial charge is 0.0942 e. The van der Waals surface area contributed by atoms with Gasteiger partial charge in [0, 0.05) is 21.6 Å². The van der Waals surface area contributed by atoms with Gasteiger partial charge in [-0.15, -0.1) is 11.8 Å². The zero-order valence-corrected chi connectivity index (χ0v) is 9.53. The zero-order chi connectivity index (χ0) is 10.6. The minimum absolute atomic E-state index is 0.110. The minimum Gasteiger partial charge on any atom is -0.387 e. The highest BCUT2D eigenvalue weighted by Crippen LogP contribution is 2.23. The molecule has 0 spiro atoms. The van der Waals surface area contributed by atoms with Crippen LogP contribution in [0.5, 0.6) is 0 Å². The van der Waals surface area contributed by atoms with Crippen LogP contribution in [0.1, 0.15) is 6.92 Å². The number of benzene rings is 1. The van der Waals surface area contributed by atoms with Crippen LogP contribution < -0.4 is 5.73 Å². The number of rotatable bonds is 4. The van der Waals surface area contributed by atoms with Crippen LogP contribution in [0.15, 0.2) is 29.2 Å². The largest absolute Gasteiger partial charge is 0.387 e. The van der Waals surface area contributed by atoms with E-state index in [1.165, 1.54) is 0 Å². The van der Waals surface area contributed by atoms with Gasteiger partial charge in [-0.25, -0.2) is 0 Å². The first kappa shape index (κ1) is 11.4. The summed E-state index contributed by atoms with van der Waals surface area (Å²) < 4.78 is 0. The molecule has 0 aliphatic carbocycles. The summed E-state index contributed by atoms with van der Waals surface area (Å²) in [6, 6.07) is 7.69. The van der Waals surface area contributed by atoms with Gasteiger partial charge in [-0.1, -0.05) is 24.6 Å². The average molecular weight is 229 g/mol. The topological polar surface area (TPSA) is 49.9 Å². The van der Waals surface area contributed by atoms with E-state index in [1.807, 2.05) is 31.2 Å². The summed E-state index contributed by atoms with van der Waals surface area (Å²) in [7, 11) is 0. The Morgan fingerprint density at radius 3 is 2.93 bits per heavy atom. The predicted octanol–water partition coefficient (Wildman–Crippen LogP) is 3.00. The third-order valence-electron chi connectivity index (χ3n) is 1.83. The van der Waals surface area contributed by atoms with Gasteiger partial charge in [-0.05, 0) is 18.2 Å². The van der Waals surface area contributed by atoms with E-state index in [2.05, 4.69) is 0 Å². The van der Waals surface area contributed by atoms with Crippen LogP contribution >= 0.6 is 23.4 Å². The van der Waals surface area contributed by atoms with E-state index in [0.717, 1.165) is 15.7 Å². The molecule has 0 amide bonds. The lowest BCUT2D eigenvalue weighted by molar-refractivity contribution is 0.879. The highest BCUT2D eigenvalue weighted by atomic mass is 35.5. The summed E-state index contributed by atoms with van der Waals surface area (Å²) in [5.74, 6) is 1.16. The first-order valence-corrected chi connectivity index (χ1v) is 5.68. The third kappa shape index (κ3) is 3.60. The van der Waals surface area contributed by atoms with Gasteiger partial charge in [-0.3, -0.25) is 5.41 Å². The van der Waals surface area contributed by atoms with Crippen molar-refractivity contribution in [2.75, 3.05) is 5.75 Å². The number of hydrogen-bond donors (Lipinski definition) is 2. The van der Waals surface area contributed by atoms with Crippen molar-refractivity contribution in [3.05, 3.63) is 29.3 Å². The summed E-state index contributed by atoms with van der Waals surface area (Å²) in [5.41, 5.74) is 5.37. The molecule has 0 saturated heterocycles. The molecular weight excluding hydrogens is 216 g/mol. The average Bonchev–Trinajstić information content (AvgIpc) is 2.14. The Labute approximate surface area is 93.3 Å². The lowest BCUT2D eigenvalue weighted by atomic mass is 10.2. The van der Waals surface area contributed by atoms with Crippen molar-refractivity contribution in [1.29, 1.82) is 5.41 Å². The number of nitrogens with two attached hydrogens (primary N) is 1. The van der Waals surface area contributed by atoms with Crippen LogP contribution in [0.2, 0.25) is 5.02 Å². The zero-order valence-electron chi connectivity index (χ0n) is 7.96. The molecule has 0 aliphatic heterocycles. The molecule has 0 saturated carbocycles. The fraction of sp³-hybridized carbons (Fsp3) is 0.300. The van der Waals surface area contributed by atoms with Gasteiger partial charge >= 0.3 is 0 Å². The van der Waals surface area contributed by atoms with Crippen molar-refractivity contribution in [3.8, 4) is 0 Å². The third-order valence-corrected chi connectivity index (χ3v) is 3.32. The monoisotopic (exact) mass is 228 g/mol. The number of thioether (sulfide) groups is 1. The van der Waals surface area contributed by atoms with E-state index in [4.69, 9.17) is 22.7 Å². The Kier molecular flexibility index (Phi) is 4.29. The van der Waals surface area contributed by atoms with E-state index in [1.54, 1.807) is 11.8 Å². The molecular formula is C10H13ClN2S. The lowest BCUT2D eigenvalue weighted by Gasteiger charge is -2.08. The first-order chi connectivity index (χ1) is 6.59. The van der Waals surface area contributed by atoms with Crippen LogP contribution in [-0.2, 0) is 0 Å². The summed E-state index contributed by atoms with van der Waals surface area (Å²) in [6.07, 6.45) is 0. The molecule has 0 fully saturated rings. The number of nitrogens with one attached hydrogen (secondary N) is 1. The molecule has 0 radical (unpaired) electrons. The highest BCUT2D eigenvalue weighted by Gasteiger charge is 2.05. The molecule has 4 heteroatoms. The number of hydrogen-bond acceptors (Lipinski definition) is 2. The maximum Gasteiger partial charge on any atom is 0.0942 e. The van der Waals surface area contributed by atoms with Crippen molar-refractivity contribution in [2.45, 2.75) is 11.8 Å². The fourth-order valence-corrected chi connectivity index (χ4v) is 2.13. The second kappa shape index (κ2) is 5.27. The second-order valence-electron chi connectivity index (χ2n) is 3.12. The quantitative estimate of drug-likeness (QED) is 0.473. The van der Waals surface area contributed by atoms with E-state index >= 15 is 0 Å². The van der Waals surface area contributed by atoms with E-state index in [-0.39, 0.29) is 11.8 Å². The normalized spacial score (nSPS) is 12.4. The molecule has 76 valence electrons. The van der Waals surface area contributed by atoms with Crippen molar-refractivity contribution < 1.29 is 0 Å². The maximum absolute atomic E-state index is 7.25. The van der Waals surface area contributed by atoms with Crippen molar-refractivity contribution >= 4 is 29.2 Å². The van der Waals surface area contributed by atoms with Gasteiger partial charge in [-0.2, -0.15) is 0 Å². The molecule has 1 aromatic rings. The Hall–Kier alpha value is -0.670. The fourth-order valence-electron chi connectivity index (χ4n) is 0.868. The van der Waals surface area contributed by atoms with Crippen molar-refractivity contribution in [2.24, 2.45) is 11.7 Å². The summed E-state index contributed by atoms with van der Waals surface area (Å²) in [5, 5.41) is 7.99. The van der Waals surface area contributed by atoms with Gasteiger partial charge in [0.05, 0.1) is 5.84 Å². The molecule has 0 aromatic heterocycles. The highest BCUT2D eigenvalue weighted by molar-refractivity contribution is 7.99. The van der Waals surface area contributed by atoms with Crippen LogP contribution in [0, 0.1) is 11.3 Å². The summed E-state index contributed by atoms with van der Waals surface area (Å²) in [6.45, 7) is 1.94. The van der Waals surface area contributed by atoms with E-state index in [0.29, 0.717) is 0 Å². The van der Waals surface area contributed by atoms with Gasteiger partial charge in [0.1, 0.15) is 0 Å². The number of amidine groups is 1. The lowest BCUT2D eigenvalue weighted by Crippen LogP contribution is -2.21. The van der Waals surface area contributed by atoms with E-state index in [9.17, 15) is 0 Å². The van der Waals surface area contributed by atoms with Gasteiger partial charge < -0.3 is 5.73 Å². The Morgan fingerprint density at radius 1 is 1.64 bits per heavy atom. The van der Waals surface area contributed by atoms with Crippen LogP contribution in [0.4, 0.5) is 0 Å². The second-order valence-corrected chi connectivity index (χ2v) is 4.65. The molecule has 14 heavy (non-hydrogen) atoms. The van der Waals surface area contributed by atoms with Crippen LogP contribution in [0.3, 0.4) is 0 Å². The molecule has 0 bridgehead atoms. The Balaban J connectivity index is 2.49. The molecule has 1 atom stereocenters. The van der Waals surface area contributed by atoms with Gasteiger partial charge in [0.2, 0.25) is 0 Å². The molecule has 1 aromatic carbocycles. The summed E-state index contributed by atoms with van der Waals surface area (Å²) >= 11 is 7.51. The molecule has 1 rings (SSSR count). The number of halogens is 1. The molecule has 0 aliphatic rings. The predicted molar refractivity (Wildman–Crippen MR) is 63.3 cm³/mol. The standard InChI is InChI=1S/C10H13ClN2S/c1-7(10(12)13)6-14-9-4-2-3-8(11)5-9/h2-5,7H,6H2,1H3,(H3,12,13). The molecule has 1 unspecified atom stereocenters. The van der Waals surface area contributed by atoms with E-state index < -0.39 is 0 Å². The van der Waals surface area contributed by atoms with Crippen molar-refractivity contribution in [1.82, 2.24) is 0 Å². The van der Waals surface area contributed by atoms with Gasteiger partial charge in [0.15, 0.2) is 0 Å². The van der Waals surface area contributed by atoms with Crippen molar-refractivity contribution in [3.63, 3.8) is 0 Å². The SMILES string of the molecule is CC(CSc1cccc(Cl)c1)C(=N)N. The Bertz CT molecular complexity index is 328. The van der Waals surface area contributed by atoms with Gasteiger partial charge in [0.25, 0.3) is 0 Å². The van der Waals surface area contributed by atoms with Crippen LogP contribution in [0.25, 0.3) is 0 Å². The first-order valence-electron chi connectivity index (χ1n) is 4.32. The Morgan fingerprint density at radius 2 is 2.36 bits per heavy atom. The molecule has 3 N–H and O–H groups in total. The molecule has 0 heterocycles. The summed E-state index contributed by atoms with van der Waals surface area (Å²) in [4.78, 5) is 1.12. The molecule has 2 nitrogen and oxygen atoms in total. The van der Waals surface area contributed by atoms with Crippen LogP contribution in [-0.4, -0.2) is 11.6 Å². The maximum atomic E-state index is 7.25.